The molecule has 3 rings (SSSR count). The molecule has 0 aromatic heterocycles. The van der Waals surface area contributed by atoms with E-state index < -0.39 is 0 Å². The molecule has 0 saturated carbocycles. The van der Waals surface area contributed by atoms with Crippen LogP contribution in [0.1, 0.15) is 37.5 Å². The molecule has 2 aromatic rings. The zero-order valence-electron chi connectivity index (χ0n) is 14.7. The lowest BCUT2D eigenvalue weighted by atomic mass is 9.87. The minimum absolute atomic E-state index is 0.0150. The van der Waals surface area contributed by atoms with Gasteiger partial charge >= 0.3 is 0 Å². The number of benzene rings is 2. The van der Waals surface area contributed by atoms with E-state index in [1.807, 2.05) is 36.4 Å². The van der Waals surface area contributed by atoms with Crippen LogP contribution in [0.25, 0.3) is 6.08 Å². The van der Waals surface area contributed by atoms with E-state index in [1.54, 1.807) is 4.90 Å². The van der Waals surface area contributed by atoms with Crippen molar-refractivity contribution in [2.24, 2.45) is 0 Å². The fourth-order valence-corrected chi connectivity index (χ4v) is 3.89. The van der Waals surface area contributed by atoms with E-state index in [-0.39, 0.29) is 11.3 Å². The molecule has 1 fully saturated rings. The Bertz CT molecular complexity index is 817. The molecule has 2 aromatic carbocycles. The molecule has 1 saturated heterocycles. The van der Waals surface area contributed by atoms with Gasteiger partial charge in [0.2, 0.25) is 0 Å². The van der Waals surface area contributed by atoms with Gasteiger partial charge in [-0.3, -0.25) is 9.69 Å². The van der Waals surface area contributed by atoms with Gasteiger partial charge in [-0.2, -0.15) is 0 Å². The van der Waals surface area contributed by atoms with Gasteiger partial charge in [0, 0.05) is 0 Å². The molecule has 4 heteroatoms. The topological polar surface area (TPSA) is 20.3 Å². The van der Waals surface area contributed by atoms with Crippen molar-refractivity contribution in [3.8, 4) is 0 Å². The molecular formula is C21H21NOS2. The number of thioether (sulfide) groups is 1. The molecule has 0 radical (unpaired) electrons. The number of hydrogen-bond donors (Lipinski definition) is 0. The number of carbonyl (C=O) groups excluding carboxylic acids is 1. The highest BCUT2D eigenvalue weighted by molar-refractivity contribution is 8.26. The van der Waals surface area contributed by atoms with E-state index in [9.17, 15) is 4.79 Å². The summed E-state index contributed by atoms with van der Waals surface area (Å²) in [6, 6.07) is 18.3. The van der Waals surface area contributed by atoms with Gasteiger partial charge in [-0.05, 0) is 28.2 Å². The Hall–Kier alpha value is -1.91. The number of carbonyl (C=O) groups is 1. The summed E-state index contributed by atoms with van der Waals surface area (Å²) in [6.45, 7) is 7.09. The normalized spacial score (nSPS) is 16.8. The van der Waals surface area contributed by atoms with E-state index in [1.165, 1.54) is 17.3 Å². The lowest BCUT2D eigenvalue weighted by molar-refractivity contribution is -0.122. The van der Waals surface area contributed by atoms with Crippen molar-refractivity contribution in [2.75, 3.05) is 0 Å². The predicted octanol–water partition coefficient (Wildman–Crippen LogP) is 5.39. The van der Waals surface area contributed by atoms with Gasteiger partial charge in [-0.15, -0.1) is 0 Å². The van der Waals surface area contributed by atoms with Crippen LogP contribution in [-0.4, -0.2) is 15.1 Å². The van der Waals surface area contributed by atoms with Gasteiger partial charge in [0.1, 0.15) is 4.32 Å². The van der Waals surface area contributed by atoms with Crippen LogP contribution in [0.2, 0.25) is 0 Å². The number of thiocarbonyl (C=S) groups is 1. The average molecular weight is 368 g/mol. The van der Waals surface area contributed by atoms with Crippen LogP contribution in [0.5, 0.6) is 0 Å². The molecule has 25 heavy (non-hydrogen) atoms. The molecule has 0 aliphatic carbocycles. The molecule has 0 unspecified atom stereocenters. The zero-order chi connectivity index (χ0) is 18.0. The van der Waals surface area contributed by atoms with Crippen LogP contribution in [0, 0.1) is 0 Å². The third-order valence-corrected chi connectivity index (χ3v) is 5.51. The SMILES string of the molecule is CC(C)(C)c1ccc(C=C2SC(=S)N(Cc3ccccc3)C2=O)cc1. The Labute approximate surface area is 158 Å². The number of nitrogens with zero attached hydrogens (tertiary/aromatic N) is 1. The molecule has 0 N–H and O–H groups in total. The molecular weight excluding hydrogens is 346 g/mol. The first kappa shape index (κ1) is 17.9. The maximum absolute atomic E-state index is 12.7. The Kier molecular flexibility index (Phi) is 5.11. The second-order valence-electron chi connectivity index (χ2n) is 7.13. The monoisotopic (exact) mass is 367 g/mol. The first-order valence-electron chi connectivity index (χ1n) is 8.24. The zero-order valence-corrected chi connectivity index (χ0v) is 16.3. The Balaban J connectivity index is 1.78. The van der Waals surface area contributed by atoms with Crippen LogP contribution < -0.4 is 0 Å². The Morgan fingerprint density at radius 2 is 1.68 bits per heavy atom. The second kappa shape index (κ2) is 7.14. The van der Waals surface area contributed by atoms with Crippen LogP contribution in [0.4, 0.5) is 0 Å². The maximum Gasteiger partial charge on any atom is 0.266 e. The van der Waals surface area contributed by atoms with Crippen molar-refractivity contribution < 1.29 is 4.79 Å². The van der Waals surface area contributed by atoms with E-state index >= 15 is 0 Å². The highest BCUT2D eigenvalue weighted by Crippen LogP contribution is 2.34. The van der Waals surface area contributed by atoms with Gasteiger partial charge < -0.3 is 0 Å². The van der Waals surface area contributed by atoms with Gasteiger partial charge in [0.05, 0.1) is 11.4 Å². The largest absolute Gasteiger partial charge is 0.288 e. The minimum Gasteiger partial charge on any atom is -0.288 e. The van der Waals surface area contributed by atoms with Crippen molar-refractivity contribution in [1.82, 2.24) is 4.90 Å². The summed E-state index contributed by atoms with van der Waals surface area (Å²) < 4.78 is 0.617. The quantitative estimate of drug-likeness (QED) is 0.536. The third kappa shape index (κ3) is 4.20. The molecule has 2 nitrogen and oxygen atoms in total. The molecule has 1 heterocycles. The maximum atomic E-state index is 12.7. The van der Waals surface area contributed by atoms with E-state index in [4.69, 9.17) is 12.2 Å². The van der Waals surface area contributed by atoms with Crippen LogP contribution in [0.15, 0.2) is 59.5 Å². The average Bonchev–Trinajstić information content (AvgIpc) is 2.83. The van der Waals surface area contributed by atoms with Gasteiger partial charge in [0.15, 0.2) is 0 Å². The van der Waals surface area contributed by atoms with E-state index in [0.29, 0.717) is 15.8 Å². The molecule has 1 aliphatic heterocycles. The molecule has 1 aliphatic rings. The van der Waals surface area contributed by atoms with Crippen molar-refractivity contribution in [2.45, 2.75) is 32.7 Å². The summed E-state index contributed by atoms with van der Waals surface area (Å²) in [5, 5.41) is 0. The third-order valence-electron chi connectivity index (χ3n) is 4.13. The fourth-order valence-electron chi connectivity index (χ4n) is 2.63. The van der Waals surface area contributed by atoms with E-state index in [2.05, 4.69) is 45.0 Å². The van der Waals surface area contributed by atoms with Gasteiger partial charge in [-0.1, -0.05) is 99.3 Å². The first-order valence-corrected chi connectivity index (χ1v) is 9.47. The van der Waals surface area contributed by atoms with Gasteiger partial charge in [0.25, 0.3) is 5.91 Å². The number of rotatable bonds is 3. The summed E-state index contributed by atoms with van der Waals surface area (Å²) in [5.74, 6) is -0.0150. The summed E-state index contributed by atoms with van der Waals surface area (Å²) in [7, 11) is 0. The number of hydrogen-bond acceptors (Lipinski definition) is 3. The summed E-state index contributed by atoms with van der Waals surface area (Å²) in [5.41, 5.74) is 3.50. The molecule has 1 amide bonds. The van der Waals surface area contributed by atoms with Crippen LogP contribution in [-0.2, 0) is 16.8 Å². The highest BCUT2D eigenvalue weighted by Gasteiger charge is 2.31. The van der Waals surface area contributed by atoms with Gasteiger partial charge in [-0.25, -0.2) is 0 Å². The Morgan fingerprint density at radius 3 is 2.28 bits per heavy atom. The fraction of sp³-hybridized carbons (Fsp3) is 0.238. The summed E-state index contributed by atoms with van der Waals surface area (Å²) in [6.07, 6.45) is 1.93. The second-order valence-corrected chi connectivity index (χ2v) is 8.80. The van der Waals surface area contributed by atoms with Crippen molar-refractivity contribution in [1.29, 1.82) is 0 Å². The van der Waals surface area contributed by atoms with Crippen LogP contribution in [0.3, 0.4) is 0 Å². The van der Waals surface area contributed by atoms with Crippen molar-refractivity contribution >= 4 is 40.3 Å². The predicted molar refractivity (Wildman–Crippen MR) is 110 cm³/mol. The standard InChI is InChI=1S/C21H21NOS2/c1-21(2,3)17-11-9-15(10-12-17)13-18-19(23)22(20(24)25-18)14-16-7-5-4-6-8-16/h4-13H,14H2,1-3H3. The number of amides is 1. The molecule has 128 valence electrons. The van der Waals surface area contributed by atoms with Crippen molar-refractivity contribution in [3.63, 3.8) is 0 Å². The van der Waals surface area contributed by atoms with Crippen LogP contribution >= 0.6 is 24.0 Å². The lowest BCUT2D eigenvalue weighted by Crippen LogP contribution is -2.27. The Morgan fingerprint density at radius 1 is 1.04 bits per heavy atom. The highest BCUT2D eigenvalue weighted by atomic mass is 32.2. The molecule has 0 spiro atoms. The van der Waals surface area contributed by atoms with E-state index in [0.717, 1.165) is 11.1 Å². The smallest absolute Gasteiger partial charge is 0.266 e. The molecule has 0 atom stereocenters. The summed E-state index contributed by atoms with van der Waals surface area (Å²) in [4.78, 5) is 15.1. The van der Waals surface area contributed by atoms with Crippen molar-refractivity contribution in [3.05, 3.63) is 76.2 Å². The summed E-state index contributed by atoms with van der Waals surface area (Å²) >= 11 is 6.78. The molecule has 0 bridgehead atoms. The minimum atomic E-state index is -0.0150. The first-order chi connectivity index (χ1) is 11.8. The lowest BCUT2D eigenvalue weighted by Gasteiger charge is -2.18.